The first-order valence-electron chi connectivity index (χ1n) is 6.50. The molecule has 17 heavy (non-hydrogen) atoms. The second-order valence-corrected chi connectivity index (χ2v) is 5.34. The Morgan fingerprint density at radius 1 is 1.35 bits per heavy atom. The predicted octanol–water partition coefficient (Wildman–Crippen LogP) is 1.69. The summed E-state index contributed by atoms with van der Waals surface area (Å²) in [7, 11) is 0. The smallest absolute Gasteiger partial charge is 0.246 e. The highest BCUT2D eigenvalue weighted by molar-refractivity contribution is 5.99. The lowest BCUT2D eigenvalue weighted by atomic mass is 9.92. The maximum atomic E-state index is 12.3. The second kappa shape index (κ2) is 5.07. The molecule has 1 N–H and O–H groups in total. The van der Waals surface area contributed by atoms with Crippen molar-refractivity contribution in [2.45, 2.75) is 71.5 Å². The molecule has 4 nitrogen and oxygen atoms in total. The minimum Gasteiger partial charge on any atom is -0.342 e. The Labute approximate surface area is 104 Å². The zero-order chi connectivity index (χ0) is 13.2. The molecule has 0 aromatic carbocycles. The van der Waals surface area contributed by atoms with Gasteiger partial charge in [0.1, 0.15) is 11.6 Å². The summed E-state index contributed by atoms with van der Waals surface area (Å²) in [6.45, 7) is 9.67. The first kappa shape index (κ1) is 14.0. The van der Waals surface area contributed by atoms with Crippen LogP contribution in [0.15, 0.2) is 0 Å². The third-order valence-electron chi connectivity index (χ3n) is 3.55. The summed E-state index contributed by atoms with van der Waals surface area (Å²) in [6, 6.07) is -0.238. The van der Waals surface area contributed by atoms with Crippen molar-refractivity contribution >= 4 is 11.8 Å². The Morgan fingerprint density at radius 3 is 2.41 bits per heavy atom. The molecule has 2 atom stereocenters. The van der Waals surface area contributed by atoms with Crippen LogP contribution in [0.5, 0.6) is 0 Å². The van der Waals surface area contributed by atoms with Crippen molar-refractivity contribution in [3.63, 3.8) is 0 Å². The van der Waals surface area contributed by atoms with E-state index in [-0.39, 0.29) is 23.9 Å². The number of carbonyl (C=O) groups is 2. The largest absolute Gasteiger partial charge is 0.342 e. The third-order valence-corrected chi connectivity index (χ3v) is 3.55. The summed E-state index contributed by atoms with van der Waals surface area (Å²) in [6.07, 6.45) is 2.59. The van der Waals surface area contributed by atoms with E-state index in [2.05, 4.69) is 12.2 Å². The SMILES string of the molecule is CCCC(C)N1C(=O)C(CC)NC(=O)C1(C)C. The van der Waals surface area contributed by atoms with Gasteiger partial charge in [0.25, 0.3) is 0 Å². The molecule has 0 radical (unpaired) electrons. The molecule has 0 bridgehead atoms. The number of piperazine rings is 1. The standard InChI is InChI=1S/C13H24N2O2/c1-6-8-9(3)15-11(16)10(7-2)14-12(17)13(15,4)5/h9-10H,6-8H2,1-5H3,(H,14,17). The van der Waals surface area contributed by atoms with Gasteiger partial charge < -0.3 is 10.2 Å². The Balaban J connectivity index is 3.01. The van der Waals surface area contributed by atoms with Crippen LogP contribution in [0.3, 0.4) is 0 Å². The van der Waals surface area contributed by atoms with Gasteiger partial charge in [0, 0.05) is 6.04 Å². The molecule has 0 aromatic heterocycles. The second-order valence-electron chi connectivity index (χ2n) is 5.34. The van der Waals surface area contributed by atoms with Crippen LogP contribution in [0.1, 0.15) is 53.9 Å². The van der Waals surface area contributed by atoms with Crippen molar-refractivity contribution in [2.75, 3.05) is 0 Å². The van der Waals surface area contributed by atoms with Crippen LogP contribution in [0, 0.1) is 0 Å². The first-order valence-corrected chi connectivity index (χ1v) is 6.50. The molecule has 4 heteroatoms. The third kappa shape index (κ3) is 2.45. The Hall–Kier alpha value is -1.06. The van der Waals surface area contributed by atoms with E-state index in [1.54, 1.807) is 4.90 Å². The van der Waals surface area contributed by atoms with E-state index in [0.29, 0.717) is 6.42 Å². The molecule has 1 aliphatic heterocycles. The molecule has 98 valence electrons. The fraction of sp³-hybridized carbons (Fsp3) is 0.846. The molecule has 0 aromatic rings. The zero-order valence-electron chi connectivity index (χ0n) is 11.5. The topological polar surface area (TPSA) is 49.4 Å². The van der Waals surface area contributed by atoms with Gasteiger partial charge in [-0.15, -0.1) is 0 Å². The molecule has 0 saturated carbocycles. The van der Waals surface area contributed by atoms with E-state index < -0.39 is 5.54 Å². The van der Waals surface area contributed by atoms with Crippen molar-refractivity contribution in [3.05, 3.63) is 0 Å². The van der Waals surface area contributed by atoms with Crippen molar-refractivity contribution in [2.24, 2.45) is 0 Å². The number of carbonyl (C=O) groups excluding carboxylic acids is 2. The van der Waals surface area contributed by atoms with Gasteiger partial charge in [-0.25, -0.2) is 0 Å². The van der Waals surface area contributed by atoms with E-state index in [0.717, 1.165) is 12.8 Å². The molecule has 1 rings (SSSR count). The van der Waals surface area contributed by atoms with Gasteiger partial charge in [-0.05, 0) is 33.6 Å². The minimum absolute atomic E-state index is 0.0492. The summed E-state index contributed by atoms with van der Waals surface area (Å²) in [5.41, 5.74) is -0.739. The van der Waals surface area contributed by atoms with Crippen LogP contribution in [0.25, 0.3) is 0 Å². The number of hydrogen-bond acceptors (Lipinski definition) is 2. The molecule has 1 aliphatic rings. The van der Waals surface area contributed by atoms with Crippen molar-refractivity contribution in [3.8, 4) is 0 Å². The van der Waals surface area contributed by atoms with E-state index >= 15 is 0 Å². The Bertz CT molecular complexity index is 313. The van der Waals surface area contributed by atoms with Gasteiger partial charge in [0.05, 0.1) is 0 Å². The molecule has 1 heterocycles. The number of nitrogens with one attached hydrogen (secondary N) is 1. The highest BCUT2D eigenvalue weighted by Gasteiger charge is 2.47. The van der Waals surface area contributed by atoms with Crippen LogP contribution in [-0.4, -0.2) is 34.3 Å². The van der Waals surface area contributed by atoms with Crippen LogP contribution >= 0.6 is 0 Å². The molecule has 2 amide bonds. The van der Waals surface area contributed by atoms with E-state index in [9.17, 15) is 9.59 Å². The van der Waals surface area contributed by atoms with Gasteiger partial charge in [0.2, 0.25) is 11.8 Å². The Morgan fingerprint density at radius 2 is 1.94 bits per heavy atom. The van der Waals surface area contributed by atoms with Gasteiger partial charge in [-0.1, -0.05) is 20.3 Å². The van der Waals surface area contributed by atoms with Crippen LogP contribution in [0.4, 0.5) is 0 Å². The van der Waals surface area contributed by atoms with Gasteiger partial charge in [-0.2, -0.15) is 0 Å². The normalized spacial score (nSPS) is 25.7. The number of amides is 2. The molecule has 1 fully saturated rings. The van der Waals surface area contributed by atoms with Crippen LogP contribution in [0.2, 0.25) is 0 Å². The zero-order valence-corrected chi connectivity index (χ0v) is 11.5. The summed E-state index contributed by atoms with van der Waals surface area (Å²) < 4.78 is 0. The fourth-order valence-electron chi connectivity index (χ4n) is 2.54. The van der Waals surface area contributed by atoms with E-state index in [1.165, 1.54) is 0 Å². The average Bonchev–Trinajstić information content (AvgIpc) is 2.23. The highest BCUT2D eigenvalue weighted by atomic mass is 16.2. The number of rotatable bonds is 4. The molecule has 1 saturated heterocycles. The predicted molar refractivity (Wildman–Crippen MR) is 67.5 cm³/mol. The molecule has 0 spiro atoms. The molecular formula is C13H24N2O2. The van der Waals surface area contributed by atoms with Crippen molar-refractivity contribution in [1.29, 1.82) is 0 Å². The number of nitrogens with zero attached hydrogens (tertiary/aromatic N) is 1. The lowest BCUT2D eigenvalue weighted by Gasteiger charge is -2.47. The average molecular weight is 240 g/mol. The number of hydrogen-bond donors (Lipinski definition) is 1. The van der Waals surface area contributed by atoms with Gasteiger partial charge in [0.15, 0.2) is 0 Å². The summed E-state index contributed by atoms with van der Waals surface area (Å²) in [5.74, 6) is 0.00459. The first-order chi connectivity index (χ1) is 7.86. The van der Waals surface area contributed by atoms with Gasteiger partial charge in [-0.3, -0.25) is 9.59 Å². The molecular weight excluding hydrogens is 216 g/mol. The van der Waals surface area contributed by atoms with Crippen molar-refractivity contribution in [1.82, 2.24) is 10.2 Å². The lowest BCUT2D eigenvalue weighted by Crippen LogP contribution is -2.70. The fourth-order valence-corrected chi connectivity index (χ4v) is 2.54. The molecule has 2 unspecified atom stereocenters. The maximum absolute atomic E-state index is 12.3. The Kier molecular flexibility index (Phi) is 4.17. The monoisotopic (exact) mass is 240 g/mol. The van der Waals surface area contributed by atoms with Crippen molar-refractivity contribution < 1.29 is 9.59 Å². The summed E-state index contributed by atoms with van der Waals surface area (Å²) in [4.78, 5) is 26.2. The maximum Gasteiger partial charge on any atom is 0.246 e. The lowest BCUT2D eigenvalue weighted by molar-refractivity contribution is -0.158. The molecule has 0 aliphatic carbocycles. The van der Waals surface area contributed by atoms with Crippen LogP contribution in [-0.2, 0) is 9.59 Å². The van der Waals surface area contributed by atoms with Gasteiger partial charge >= 0.3 is 0 Å². The van der Waals surface area contributed by atoms with E-state index in [4.69, 9.17) is 0 Å². The van der Waals surface area contributed by atoms with E-state index in [1.807, 2.05) is 27.7 Å². The van der Waals surface area contributed by atoms with Crippen LogP contribution < -0.4 is 5.32 Å². The highest BCUT2D eigenvalue weighted by Crippen LogP contribution is 2.26. The summed E-state index contributed by atoms with van der Waals surface area (Å²) >= 11 is 0. The quantitative estimate of drug-likeness (QED) is 0.813. The minimum atomic E-state index is -0.739. The summed E-state index contributed by atoms with van der Waals surface area (Å²) in [5, 5.41) is 2.80.